The van der Waals surface area contributed by atoms with Crippen LogP contribution in [-0.2, 0) is 10.8 Å². The van der Waals surface area contributed by atoms with E-state index in [9.17, 15) is 15.8 Å². The van der Waals surface area contributed by atoms with E-state index in [1.54, 1.807) is 11.3 Å². The molecule has 3 aromatic heterocycles. The van der Waals surface area contributed by atoms with Crippen molar-refractivity contribution in [3.8, 4) is 23.9 Å². The highest BCUT2D eigenvalue weighted by Crippen LogP contribution is 2.43. The Hall–Kier alpha value is -3.37. The molecule has 1 aromatic carbocycles. The summed E-state index contributed by atoms with van der Waals surface area (Å²) in [5.41, 5.74) is 5.68. The molecule has 0 N–H and O–H groups in total. The molecule has 0 radical (unpaired) electrons. The van der Waals surface area contributed by atoms with Gasteiger partial charge >= 0.3 is 0 Å². The van der Waals surface area contributed by atoms with Crippen molar-refractivity contribution in [2.24, 2.45) is 0 Å². The standard InChI is InChI=1S/C27H24N4S2/c1-26(2,3)17-9-18(27(4,5)6)11-19(10-17)31-21-7-8-32-24(21)25-22(31)12-23(33-25)20(15-30)16(13-28)14-29/h7-12H,1-6H3. The summed E-state index contributed by atoms with van der Waals surface area (Å²) in [5, 5.41) is 30.4. The van der Waals surface area contributed by atoms with Crippen molar-refractivity contribution in [1.82, 2.24) is 4.57 Å². The number of hydrogen-bond acceptors (Lipinski definition) is 5. The van der Waals surface area contributed by atoms with E-state index >= 15 is 0 Å². The Bertz CT molecular complexity index is 1510. The molecule has 0 aliphatic heterocycles. The second-order valence-corrected chi connectivity index (χ2v) is 12.1. The van der Waals surface area contributed by atoms with Crippen molar-refractivity contribution in [2.45, 2.75) is 52.4 Å². The lowest BCUT2D eigenvalue weighted by atomic mass is 9.80. The molecule has 164 valence electrons. The molecule has 4 nitrogen and oxygen atoms in total. The molecule has 4 aromatic rings. The molecule has 0 amide bonds. The molecule has 0 saturated heterocycles. The Morgan fingerprint density at radius 3 is 1.91 bits per heavy atom. The Labute approximate surface area is 202 Å². The van der Waals surface area contributed by atoms with Gasteiger partial charge in [0.25, 0.3) is 0 Å². The summed E-state index contributed by atoms with van der Waals surface area (Å²) in [7, 11) is 0. The number of nitrogens with zero attached hydrogens (tertiary/aromatic N) is 4. The smallest absolute Gasteiger partial charge is 0.148 e. The third-order valence-corrected chi connectivity index (χ3v) is 7.99. The van der Waals surface area contributed by atoms with Gasteiger partial charge in [-0.2, -0.15) is 15.8 Å². The second kappa shape index (κ2) is 7.89. The summed E-state index contributed by atoms with van der Waals surface area (Å²) in [6.45, 7) is 13.3. The minimum absolute atomic E-state index is 0.0128. The zero-order valence-corrected chi connectivity index (χ0v) is 21.2. The second-order valence-electron chi connectivity index (χ2n) is 10.1. The molecule has 4 rings (SSSR count). The van der Waals surface area contributed by atoms with Crippen LogP contribution in [0.2, 0.25) is 0 Å². The Balaban J connectivity index is 2.09. The molecular weight excluding hydrogens is 444 g/mol. The van der Waals surface area contributed by atoms with Crippen LogP contribution in [0.4, 0.5) is 0 Å². The van der Waals surface area contributed by atoms with Crippen LogP contribution in [-0.4, -0.2) is 4.57 Å². The SMILES string of the molecule is CC(C)(C)c1cc(-n2c3ccsc3c3sc(C(C#N)=C(C#N)C#N)cc32)cc(C(C)(C)C)c1. The van der Waals surface area contributed by atoms with Crippen LogP contribution in [0, 0.1) is 34.0 Å². The number of allylic oxidation sites excluding steroid dienone is 2. The van der Waals surface area contributed by atoms with Gasteiger partial charge < -0.3 is 4.57 Å². The topological polar surface area (TPSA) is 76.3 Å². The number of thiophene rings is 2. The molecule has 0 saturated carbocycles. The summed E-state index contributed by atoms with van der Waals surface area (Å²) < 4.78 is 4.46. The third kappa shape index (κ3) is 3.85. The largest absolute Gasteiger partial charge is 0.307 e. The minimum Gasteiger partial charge on any atom is -0.307 e. The zero-order valence-electron chi connectivity index (χ0n) is 19.6. The van der Waals surface area contributed by atoms with Crippen LogP contribution >= 0.6 is 22.7 Å². The third-order valence-electron chi connectivity index (χ3n) is 5.78. The van der Waals surface area contributed by atoms with Crippen LogP contribution in [0.5, 0.6) is 0 Å². The molecule has 6 heteroatoms. The van der Waals surface area contributed by atoms with Crippen molar-refractivity contribution in [1.29, 1.82) is 15.8 Å². The van der Waals surface area contributed by atoms with Gasteiger partial charge in [-0.3, -0.25) is 0 Å². The Morgan fingerprint density at radius 1 is 0.788 bits per heavy atom. The lowest BCUT2D eigenvalue weighted by Gasteiger charge is -2.26. The molecule has 0 aliphatic rings. The molecular formula is C27H24N4S2. The highest BCUT2D eigenvalue weighted by atomic mass is 32.1. The molecule has 0 unspecified atom stereocenters. The first-order valence-corrected chi connectivity index (χ1v) is 12.3. The Kier molecular flexibility index (Phi) is 5.45. The van der Waals surface area contributed by atoms with Crippen molar-refractivity contribution in [2.75, 3.05) is 0 Å². The average Bonchev–Trinajstić information content (AvgIpc) is 3.43. The molecule has 3 heterocycles. The molecule has 0 aliphatic carbocycles. The average molecular weight is 469 g/mol. The fourth-order valence-electron chi connectivity index (χ4n) is 3.87. The van der Waals surface area contributed by atoms with Crippen LogP contribution < -0.4 is 0 Å². The lowest BCUT2D eigenvalue weighted by molar-refractivity contribution is 0.568. The van der Waals surface area contributed by atoms with E-state index < -0.39 is 0 Å². The van der Waals surface area contributed by atoms with Gasteiger partial charge in [-0.05, 0) is 51.6 Å². The van der Waals surface area contributed by atoms with E-state index in [1.165, 1.54) is 22.5 Å². The highest BCUT2D eigenvalue weighted by Gasteiger charge is 2.24. The number of hydrogen-bond donors (Lipinski definition) is 0. The number of aromatic nitrogens is 1. The van der Waals surface area contributed by atoms with Gasteiger partial charge in [0.05, 0.1) is 26.0 Å². The number of fused-ring (bicyclic) bond motifs is 3. The van der Waals surface area contributed by atoms with Crippen LogP contribution in [0.15, 0.2) is 41.3 Å². The summed E-state index contributed by atoms with van der Waals surface area (Å²) >= 11 is 3.13. The van der Waals surface area contributed by atoms with Gasteiger partial charge in [-0.25, -0.2) is 0 Å². The van der Waals surface area contributed by atoms with Crippen molar-refractivity contribution >= 4 is 48.7 Å². The minimum atomic E-state index is -0.153. The summed E-state index contributed by atoms with van der Waals surface area (Å²) in [5.74, 6) is 0. The molecule has 33 heavy (non-hydrogen) atoms. The number of nitriles is 3. The quantitative estimate of drug-likeness (QED) is 0.281. The maximum Gasteiger partial charge on any atom is 0.148 e. The summed E-state index contributed by atoms with van der Waals surface area (Å²) in [6.07, 6.45) is 0. The normalized spacial score (nSPS) is 11.8. The molecule has 0 spiro atoms. The maximum absolute atomic E-state index is 9.68. The van der Waals surface area contributed by atoms with Gasteiger partial charge in [0.2, 0.25) is 0 Å². The summed E-state index contributed by atoms with van der Waals surface area (Å²) in [6, 6.07) is 16.7. The van der Waals surface area contributed by atoms with Gasteiger partial charge in [0.15, 0.2) is 0 Å². The summed E-state index contributed by atoms with van der Waals surface area (Å²) in [4.78, 5) is 0.646. The van der Waals surface area contributed by atoms with Gasteiger partial charge in [-0.1, -0.05) is 47.6 Å². The maximum atomic E-state index is 9.68. The lowest BCUT2D eigenvalue weighted by Crippen LogP contribution is -2.17. The van der Waals surface area contributed by atoms with Crippen LogP contribution in [0.3, 0.4) is 0 Å². The first kappa shape index (κ1) is 22.8. The predicted molar refractivity (Wildman–Crippen MR) is 138 cm³/mol. The number of benzene rings is 1. The fraction of sp³-hybridized carbons (Fsp3) is 0.296. The van der Waals surface area contributed by atoms with E-state index in [-0.39, 0.29) is 22.0 Å². The Morgan fingerprint density at radius 2 is 1.39 bits per heavy atom. The van der Waals surface area contributed by atoms with E-state index in [0.29, 0.717) is 4.88 Å². The molecule has 0 fully saturated rings. The zero-order chi connectivity index (χ0) is 24.1. The van der Waals surface area contributed by atoms with Crippen LogP contribution in [0.1, 0.15) is 57.5 Å². The van der Waals surface area contributed by atoms with E-state index in [2.05, 4.69) is 81.8 Å². The van der Waals surface area contributed by atoms with E-state index in [4.69, 9.17) is 0 Å². The number of rotatable bonds is 2. The van der Waals surface area contributed by atoms with Crippen LogP contribution in [0.25, 0.3) is 31.7 Å². The monoisotopic (exact) mass is 468 g/mol. The highest BCUT2D eigenvalue weighted by molar-refractivity contribution is 7.27. The van der Waals surface area contributed by atoms with Gasteiger partial charge in [0.1, 0.15) is 23.8 Å². The van der Waals surface area contributed by atoms with Gasteiger partial charge in [-0.15, -0.1) is 22.7 Å². The van der Waals surface area contributed by atoms with Crippen molar-refractivity contribution < 1.29 is 0 Å². The molecule has 0 bridgehead atoms. The predicted octanol–water partition coefficient (Wildman–Crippen LogP) is 7.83. The van der Waals surface area contributed by atoms with Crippen molar-refractivity contribution in [3.05, 3.63) is 57.3 Å². The van der Waals surface area contributed by atoms with Crippen molar-refractivity contribution in [3.63, 3.8) is 0 Å². The van der Waals surface area contributed by atoms with E-state index in [1.807, 2.05) is 18.2 Å². The molecule has 0 atom stereocenters. The van der Waals surface area contributed by atoms with E-state index in [0.717, 1.165) is 26.1 Å². The van der Waals surface area contributed by atoms with Gasteiger partial charge in [0, 0.05) is 10.6 Å². The fourth-order valence-corrected chi connectivity index (χ4v) is 6.05. The first-order valence-electron chi connectivity index (χ1n) is 10.6. The first-order chi connectivity index (χ1) is 15.5.